The topological polar surface area (TPSA) is 116 Å². The zero-order valence-corrected chi connectivity index (χ0v) is 13.7. The van der Waals surface area contributed by atoms with E-state index < -0.39 is 29.4 Å². The van der Waals surface area contributed by atoms with Crippen LogP contribution in [0.15, 0.2) is 24.3 Å². The third kappa shape index (κ3) is 3.07. The predicted molar refractivity (Wildman–Crippen MR) is 86.7 cm³/mol. The van der Waals surface area contributed by atoms with Crippen molar-refractivity contribution in [1.29, 1.82) is 0 Å². The molecule has 1 aromatic rings. The van der Waals surface area contributed by atoms with Gasteiger partial charge in [0.15, 0.2) is 0 Å². The van der Waals surface area contributed by atoms with Crippen molar-refractivity contribution in [3.8, 4) is 0 Å². The Kier molecular flexibility index (Phi) is 4.20. The van der Waals surface area contributed by atoms with Crippen LogP contribution in [0.1, 0.15) is 35.7 Å². The summed E-state index contributed by atoms with van der Waals surface area (Å²) in [5.41, 5.74) is -0.185. The first kappa shape index (κ1) is 16.9. The Hall–Kier alpha value is -2.90. The molecule has 2 saturated heterocycles. The fraction of sp³-hybridized carbons (Fsp3) is 0.412. The lowest BCUT2D eigenvalue weighted by atomic mass is 9.91. The van der Waals surface area contributed by atoms with Crippen molar-refractivity contribution in [3.05, 3.63) is 35.4 Å². The van der Waals surface area contributed by atoms with Crippen LogP contribution < -0.4 is 10.6 Å². The molecule has 132 valence electrons. The summed E-state index contributed by atoms with van der Waals surface area (Å²) in [6.07, 6.45) is 1.23. The number of carboxylic acids is 1. The van der Waals surface area contributed by atoms with Crippen molar-refractivity contribution in [2.45, 2.75) is 25.3 Å². The zero-order valence-electron chi connectivity index (χ0n) is 13.7. The quantitative estimate of drug-likeness (QED) is 0.697. The number of nitrogens with one attached hydrogen (secondary N) is 2. The lowest BCUT2D eigenvalue weighted by Gasteiger charge is -2.31. The minimum absolute atomic E-state index is 0.200. The van der Waals surface area contributed by atoms with E-state index >= 15 is 0 Å². The molecule has 0 radical (unpaired) electrons. The molecular weight excluding hydrogens is 326 g/mol. The maximum absolute atomic E-state index is 12.6. The molecule has 0 unspecified atom stereocenters. The van der Waals surface area contributed by atoms with Crippen LogP contribution in [0.3, 0.4) is 0 Å². The number of aliphatic carboxylic acids is 1. The number of imide groups is 1. The lowest BCUT2D eigenvalue weighted by molar-refractivity contribution is -0.143. The van der Waals surface area contributed by atoms with Crippen molar-refractivity contribution in [3.63, 3.8) is 0 Å². The highest BCUT2D eigenvalue weighted by atomic mass is 16.4. The van der Waals surface area contributed by atoms with Crippen molar-refractivity contribution >= 4 is 23.8 Å². The average Bonchev–Trinajstić information content (AvgIpc) is 2.87. The molecule has 8 nitrogen and oxygen atoms in total. The SMILES string of the molecule is C[C@@]1(c2ccc(C(=O)N3CCC[C@@H](C(=O)O)C3)cc2)NC(=O)NC1=O. The fourth-order valence-corrected chi connectivity index (χ4v) is 3.24. The van der Waals surface area contributed by atoms with Crippen molar-refractivity contribution in [2.24, 2.45) is 5.92 Å². The molecule has 0 aliphatic carbocycles. The van der Waals surface area contributed by atoms with E-state index in [9.17, 15) is 19.2 Å². The van der Waals surface area contributed by atoms with Crippen LogP contribution in [-0.4, -0.2) is 46.9 Å². The number of hydrogen-bond acceptors (Lipinski definition) is 4. The predicted octanol–water partition coefficient (Wildman–Crippen LogP) is 0.678. The van der Waals surface area contributed by atoms with E-state index in [-0.39, 0.29) is 12.5 Å². The molecule has 4 amide bonds. The molecule has 3 N–H and O–H groups in total. The normalized spacial score (nSPS) is 26.1. The first-order chi connectivity index (χ1) is 11.8. The van der Waals surface area contributed by atoms with Crippen LogP contribution in [0.2, 0.25) is 0 Å². The third-order valence-corrected chi connectivity index (χ3v) is 4.81. The fourth-order valence-electron chi connectivity index (χ4n) is 3.24. The van der Waals surface area contributed by atoms with Crippen molar-refractivity contribution in [1.82, 2.24) is 15.5 Å². The average molecular weight is 345 g/mol. The van der Waals surface area contributed by atoms with Gasteiger partial charge >= 0.3 is 12.0 Å². The van der Waals surface area contributed by atoms with Gasteiger partial charge in [0.25, 0.3) is 11.8 Å². The smallest absolute Gasteiger partial charge is 0.322 e. The van der Waals surface area contributed by atoms with Crippen LogP contribution in [0.4, 0.5) is 4.79 Å². The Bertz CT molecular complexity index is 745. The summed E-state index contributed by atoms with van der Waals surface area (Å²) in [6.45, 7) is 2.32. The molecule has 8 heteroatoms. The Morgan fingerprint density at radius 1 is 1.24 bits per heavy atom. The molecule has 25 heavy (non-hydrogen) atoms. The van der Waals surface area contributed by atoms with Gasteiger partial charge in [0.1, 0.15) is 5.54 Å². The number of amides is 4. The first-order valence-corrected chi connectivity index (χ1v) is 8.07. The number of likely N-dealkylation sites (tertiary alicyclic amines) is 1. The van der Waals surface area contributed by atoms with Crippen molar-refractivity contribution < 1.29 is 24.3 Å². The lowest BCUT2D eigenvalue weighted by Crippen LogP contribution is -2.42. The van der Waals surface area contributed by atoms with Crippen LogP contribution in [-0.2, 0) is 15.1 Å². The monoisotopic (exact) mass is 345 g/mol. The Labute approximate surface area is 144 Å². The van der Waals surface area contributed by atoms with Gasteiger partial charge in [0.05, 0.1) is 5.92 Å². The molecule has 3 rings (SSSR count). The summed E-state index contributed by atoms with van der Waals surface area (Å²) in [6, 6.07) is 5.87. The van der Waals surface area contributed by atoms with Gasteiger partial charge < -0.3 is 15.3 Å². The number of carbonyl (C=O) groups excluding carboxylic acids is 3. The Morgan fingerprint density at radius 3 is 2.48 bits per heavy atom. The second-order valence-corrected chi connectivity index (χ2v) is 6.54. The highest BCUT2D eigenvalue weighted by Crippen LogP contribution is 2.25. The summed E-state index contributed by atoms with van der Waals surface area (Å²) in [7, 11) is 0. The summed E-state index contributed by atoms with van der Waals surface area (Å²) in [5.74, 6) is -2.10. The van der Waals surface area contributed by atoms with E-state index in [1.807, 2.05) is 0 Å². The van der Waals surface area contributed by atoms with Crippen LogP contribution in [0.5, 0.6) is 0 Å². The standard InChI is InChI=1S/C17H19N3O5/c1-17(15(24)18-16(25)19-17)12-6-4-10(5-7-12)13(21)20-8-2-3-11(9-20)14(22)23/h4-7,11H,2-3,8-9H2,1H3,(H,22,23)(H2,18,19,24,25)/t11-,17+/m1/s1. The van der Waals surface area contributed by atoms with Gasteiger partial charge in [-0.2, -0.15) is 0 Å². The zero-order chi connectivity index (χ0) is 18.2. The van der Waals surface area contributed by atoms with Gasteiger partial charge in [-0.25, -0.2) is 4.79 Å². The van der Waals surface area contributed by atoms with Gasteiger partial charge in [-0.15, -0.1) is 0 Å². The second kappa shape index (κ2) is 6.19. The van der Waals surface area contributed by atoms with Crippen LogP contribution in [0, 0.1) is 5.92 Å². The molecule has 0 aromatic heterocycles. The number of benzene rings is 1. The maximum atomic E-state index is 12.6. The second-order valence-electron chi connectivity index (χ2n) is 6.54. The Balaban J connectivity index is 1.76. The van der Waals surface area contributed by atoms with Gasteiger partial charge in [-0.05, 0) is 37.5 Å². The molecule has 2 atom stereocenters. The number of rotatable bonds is 3. The van der Waals surface area contributed by atoms with Crippen LogP contribution >= 0.6 is 0 Å². The molecule has 2 aliphatic rings. The number of carbonyl (C=O) groups is 4. The van der Waals surface area contributed by atoms with Crippen LogP contribution in [0.25, 0.3) is 0 Å². The summed E-state index contributed by atoms with van der Waals surface area (Å²) < 4.78 is 0. The van der Waals surface area contributed by atoms with Crippen molar-refractivity contribution in [2.75, 3.05) is 13.1 Å². The molecule has 0 bridgehead atoms. The number of piperidine rings is 1. The molecule has 2 aliphatic heterocycles. The Morgan fingerprint density at radius 2 is 1.92 bits per heavy atom. The highest BCUT2D eigenvalue weighted by Gasteiger charge is 2.43. The summed E-state index contributed by atoms with van der Waals surface area (Å²) in [4.78, 5) is 48.6. The molecule has 1 aromatic carbocycles. The van der Waals surface area contributed by atoms with E-state index in [0.29, 0.717) is 30.5 Å². The molecule has 0 spiro atoms. The number of nitrogens with zero attached hydrogens (tertiary/aromatic N) is 1. The largest absolute Gasteiger partial charge is 0.481 e. The maximum Gasteiger partial charge on any atom is 0.322 e. The van der Waals surface area contributed by atoms with E-state index in [1.54, 1.807) is 36.1 Å². The van der Waals surface area contributed by atoms with E-state index in [2.05, 4.69) is 10.6 Å². The summed E-state index contributed by atoms with van der Waals surface area (Å²) in [5, 5.41) is 13.9. The first-order valence-electron chi connectivity index (χ1n) is 8.07. The summed E-state index contributed by atoms with van der Waals surface area (Å²) >= 11 is 0. The van der Waals surface area contributed by atoms with E-state index in [4.69, 9.17) is 5.11 Å². The number of urea groups is 1. The van der Waals surface area contributed by atoms with E-state index in [1.165, 1.54) is 0 Å². The highest BCUT2D eigenvalue weighted by molar-refractivity contribution is 6.07. The number of carboxylic acid groups (broad SMARTS) is 1. The minimum atomic E-state index is -1.17. The van der Waals surface area contributed by atoms with Gasteiger partial charge in [-0.3, -0.25) is 19.7 Å². The van der Waals surface area contributed by atoms with Gasteiger partial charge in [-0.1, -0.05) is 12.1 Å². The third-order valence-electron chi connectivity index (χ3n) is 4.81. The van der Waals surface area contributed by atoms with Gasteiger partial charge in [0, 0.05) is 18.7 Å². The molecule has 2 heterocycles. The number of hydrogen-bond donors (Lipinski definition) is 3. The van der Waals surface area contributed by atoms with Gasteiger partial charge in [0.2, 0.25) is 0 Å². The molecule has 0 saturated carbocycles. The molecule has 2 fully saturated rings. The molecular formula is C17H19N3O5. The minimum Gasteiger partial charge on any atom is -0.481 e. The van der Waals surface area contributed by atoms with E-state index in [0.717, 1.165) is 0 Å².